The van der Waals surface area contributed by atoms with Crippen molar-refractivity contribution in [2.45, 2.75) is 6.92 Å². The second-order valence-electron chi connectivity index (χ2n) is 2.66. The maximum absolute atomic E-state index is 11.0. The van der Waals surface area contributed by atoms with E-state index >= 15 is 0 Å². The Morgan fingerprint density at radius 2 is 2.12 bits per heavy atom. The number of rotatable bonds is 4. The first kappa shape index (κ1) is 12.4. The third kappa shape index (κ3) is 2.90. The Bertz CT molecular complexity index is 466. The molecule has 1 aromatic heterocycles. The molecule has 0 aromatic carbocycles. The molecule has 1 rings (SSSR count). The van der Waals surface area contributed by atoms with Gasteiger partial charge in [-0.2, -0.15) is 0 Å². The van der Waals surface area contributed by atoms with Gasteiger partial charge in [0.05, 0.1) is 12.7 Å². The van der Waals surface area contributed by atoms with E-state index in [1.165, 1.54) is 6.92 Å². The molecule has 92 valence electrons. The van der Waals surface area contributed by atoms with Gasteiger partial charge in [-0.05, 0) is 6.92 Å². The first-order valence-corrected chi connectivity index (χ1v) is 4.32. The molecular formula is C7H7N3O7. The van der Waals surface area contributed by atoms with E-state index in [0.717, 1.165) is 6.07 Å². The predicted octanol–water partition coefficient (Wildman–Crippen LogP) is 1.66. The summed E-state index contributed by atoms with van der Waals surface area (Å²) < 4.78 is 8.81. The van der Waals surface area contributed by atoms with Crippen molar-refractivity contribution < 1.29 is 23.8 Å². The van der Waals surface area contributed by atoms with E-state index in [1.54, 1.807) is 0 Å². The maximum atomic E-state index is 11.0. The number of anilines is 1. The molecule has 0 bridgehead atoms. The fourth-order valence-corrected chi connectivity index (χ4v) is 0.961. The molecule has 0 aliphatic rings. The highest BCUT2D eigenvalue weighted by Gasteiger charge is 2.28. The average molecular weight is 245 g/mol. The van der Waals surface area contributed by atoms with Gasteiger partial charge in [-0.3, -0.25) is 25.5 Å². The van der Waals surface area contributed by atoms with Crippen LogP contribution < -0.4 is 5.32 Å². The number of hydrogen-bond acceptors (Lipinski definition) is 7. The van der Waals surface area contributed by atoms with E-state index in [-0.39, 0.29) is 6.61 Å². The summed E-state index contributed by atoms with van der Waals surface area (Å²) in [6.07, 6.45) is -0.966. The van der Waals surface area contributed by atoms with Crippen LogP contribution in [0.1, 0.15) is 6.92 Å². The molecule has 17 heavy (non-hydrogen) atoms. The number of nitrogens with one attached hydrogen (secondary N) is 1. The highest BCUT2D eigenvalue weighted by atomic mass is 16.7. The van der Waals surface area contributed by atoms with Gasteiger partial charge in [0.15, 0.2) is 5.69 Å². The van der Waals surface area contributed by atoms with Gasteiger partial charge in [0.2, 0.25) is 0 Å². The summed E-state index contributed by atoms with van der Waals surface area (Å²) in [5.41, 5.74) is -0.430. The van der Waals surface area contributed by atoms with Gasteiger partial charge >= 0.3 is 17.9 Å². The highest BCUT2D eigenvalue weighted by molar-refractivity contribution is 5.87. The average Bonchev–Trinajstić information content (AvgIpc) is 2.62. The molecule has 1 heterocycles. The van der Waals surface area contributed by atoms with Crippen LogP contribution in [0.3, 0.4) is 0 Å². The standard InChI is InChI=1S/C7H7N3O7/c1-2-16-7(11)8-4-3-5(9(12)13)17-6(4)10(14)15/h3H,2H2,1H3,(H,8,11). The number of nitro groups is 2. The molecule has 0 aliphatic carbocycles. The van der Waals surface area contributed by atoms with Crippen LogP contribution in [0, 0.1) is 20.2 Å². The molecule has 0 saturated heterocycles. The van der Waals surface area contributed by atoms with Gasteiger partial charge in [-0.1, -0.05) is 0 Å². The summed E-state index contributed by atoms with van der Waals surface area (Å²) in [6.45, 7) is 1.59. The number of amides is 1. The summed E-state index contributed by atoms with van der Waals surface area (Å²) in [6, 6.07) is 0.731. The molecule has 10 heteroatoms. The second-order valence-corrected chi connectivity index (χ2v) is 2.66. The number of nitrogens with zero attached hydrogens (tertiary/aromatic N) is 2. The van der Waals surface area contributed by atoms with Crippen molar-refractivity contribution in [2.24, 2.45) is 0 Å². The smallest absolute Gasteiger partial charge is 0.450 e. The van der Waals surface area contributed by atoms with Crippen LogP contribution in [-0.4, -0.2) is 22.5 Å². The summed E-state index contributed by atoms with van der Waals surface area (Å²) in [5, 5.41) is 22.8. The minimum atomic E-state index is -0.992. The predicted molar refractivity (Wildman–Crippen MR) is 52.7 cm³/mol. The lowest BCUT2D eigenvalue weighted by Crippen LogP contribution is -2.13. The van der Waals surface area contributed by atoms with Gasteiger partial charge in [-0.15, -0.1) is 0 Å². The van der Waals surface area contributed by atoms with Crippen molar-refractivity contribution in [1.29, 1.82) is 0 Å². The molecule has 0 saturated carbocycles. The molecule has 1 aromatic rings. The van der Waals surface area contributed by atoms with Crippen LogP contribution in [0.25, 0.3) is 0 Å². The lowest BCUT2D eigenvalue weighted by Gasteiger charge is -2.00. The molecule has 0 unspecified atom stereocenters. The number of ether oxygens (including phenoxy) is 1. The van der Waals surface area contributed by atoms with Gasteiger partial charge in [0.25, 0.3) is 0 Å². The van der Waals surface area contributed by atoms with Crippen LogP contribution in [0.5, 0.6) is 0 Å². The molecular weight excluding hydrogens is 238 g/mol. The normalized spacial score (nSPS) is 9.71. The molecule has 0 aliphatic heterocycles. The molecule has 1 amide bonds. The Morgan fingerprint density at radius 1 is 1.47 bits per heavy atom. The molecule has 0 spiro atoms. The van der Waals surface area contributed by atoms with Crippen LogP contribution in [0.2, 0.25) is 0 Å². The largest absolute Gasteiger partial charge is 0.462 e. The highest BCUT2D eigenvalue weighted by Crippen LogP contribution is 2.32. The molecule has 0 radical (unpaired) electrons. The van der Waals surface area contributed by atoms with E-state index in [4.69, 9.17) is 0 Å². The van der Waals surface area contributed by atoms with Crippen molar-refractivity contribution in [3.8, 4) is 0 Å². The third-order valence-electron chi connectivity index (χ3n) is 1.56. The summed E-state index contributed by atoms with van der Waals surface area (Å²) >= 11 is 0. The van der Waals surface area contributed by atoms with Crippen LogP contribution in [-0.2, 0) is 4.74 Å². The second kappa shape index (κ2) is 4.92. The minimum absolute atomic E-state index is 0.0551. The van der Waals surface area contributed by atoms with Crippen LogP contribution >= 0.6 is 0 Å². The topological polar surface area (TPSA) is 138 Å². The summed E-state index contributed by atoms with van der Waals surface area (Å²) in [4.78, 5) is 29.9. The Kier molecular flexibility index (Phi) is 3.59. The molecule has 1 N–H and O–H groups in total. The van der Waals surface area contributed by atoms with Crippen molar-refractivity contribution in [1.82, 2.24) is 0 Å². The Morgan fingerprint density at radius 3 is 2.59 bits per heavy atom. The first-order chi connectivity index (χ1) is 7.95. The zero-order chi connectivity index (χ0) is 13.0. The number of furan rings is 1. The molecule has 0 atom stereocenters. The molecule has 0 fully saturated rings. The fraction of sp³-hybridized carbons (Fsp3) is 0.286. The van der Waals surface area contributed by atoms with Crippen LogP contribution in [0.15, 0.2) is 10.5 Å². The zero-order valence-electron chi connectivity index (χ0n) is 8.54. The Labute approximate surface area is 93.5 Å². The lowest BCUT2D eigenvalue weighted by molar-refractivity contribution is -0.423. The lowest BCUT2D eigenvalue weighted by atomic mass is 10.5. The van der Waals surface area contributed by atoms with E-state index in [0.29, 0.717) is 0 Å². The number of carbonyl (C=O) groups excluding carboxylic acids is 1. The van der Waals surface area contributed by atoms with Gasteiger partial charge in [0, 0.05) is 0 Å². The Balaban J connectivity index is 3.00. The zero-order valence-corrected chi connectivity index (χ0v) is 8.54. The van der Waals surface area contributed by atoms with Crippen molar-refractivity contribution in [3.63, 3.8) is 0 Å². The molecule has 10 nitrogen and oxygen atoms in total. The van der Waals surface area contributed by atoms with E-state index < -0.39 is 33.4 Å². The Hall–Kier alpha value is -2.65. The van der Waals surface area contributed by atoms with E-state index in [9.17, 15) is 25.0 Å². The quantitative estimate of drug-likeness (QED) is 0.628. The van der Waals surface area contributed by atoms with Crippen LogP contribution in [0.4, 0.5) is 22.3 Å². The first-order valence-electron chi connectivity index (χ1n) is 4.32. The van der Waals surface area contributed by atoms with Crippen molar-refractivity contribution >= 4 is 23.5 Å². The number of carbonyl (C=O) groups is 1. The van der Waals surface area contributed by atoms with E-state index in [1.807, 2.05) is 5.32 Å². The van der Waals surface area contributed by atoms with Crippen molar-refractivity contribution in [3.05, 3.63) is 26.3 Å². The third-order valence-corrected chi connectivity index (χ3v) is 1.56. The fourth-order valence-electron chi connectivity index (χ4n) is 0.961. The summed E-state index contributed by atoms with van der Waals surface area (Å²) in [7, 11) is 0. The number of hydrogen-bond donors (Lipinski definition) is 1. The van der Waals surface area contributed by atoms with Gasteiger partial charge in [0.1, 0.15) is 9.85 Å². The van der Waals surface area contributed by atoms with Gasteiger partial charge < -0.3 is 9.15 Å². The SMILES string of the molecule is CCOC(=O)Nc1cc([N+](=O)[O-])oc1[N+](=O)[O-]. The van der Waals surface area contributed by atoms with E-state index in [2.05, 4.69) is 9.15 Å². The minimum Gasteiger partial charge on any atom is -0.450 e. The monoisotopic (exact) mass is 245 g/mol. The summed E-state index contributed by atoms with van der Waals surface area (Å²) in [5.74, 6) is -1.77. The maximum Gasteiger partial charge on any atom is 0.462 e. The van der Waals surface area contributed by atoms with Gasteiger partial charge in [-0.25, -0.2) is 4.79 Å². The van der Waals surface area contributed by atoms with Crippen molar-refractivity contribution in [2.75, 3.05) is 11.9 Å².